The second-order valence-corrected chi connectivity index (χ2v) is 4.93. The molecule has 4 nitrogen and oxygen atoms in total. The van der Waals surface area contributed by atoms with E-state index in [1.165, 1.54) is 0 Å². The van der Waals surface area contributed by atoms with E-state index in [0.29, 0.717) is 0 Å². The van der Waals surface area contributed by atoms with Crippen LogP contribution in [0.15, 0.2) is 12.4 Å². The van der Waals surface area contributed by atoms with Crippen LogP contribution in [0.1, 0.15) is 46.2 Å². The van der Waals surface area contributed by atoms with Crippen molar-refractivity contribution in [3.05, 3.63) is 18.0 Å². The molecule has 2 N–H and O–H groups in total. The van der Waals surface area contributed by atoms with Gasteiger partial charge in [-0.1, -0.05) is 13.8 Å². The fourth-order valence-electron chi connectivity index (χ4n) is 2.36. The SMILES string of the molecule is CCN(CC)C(C)(C)C(N)c1cnn(CC)c1. The molecule has 1 unspecified atom stereocenters. The predicted molar refractivity (Wildman–Crippen MR) is 71.8 cm³/mol. The van der Waals surface area contributed by atoms with Gasteiger partial charge < -0.3 is 5.73 Å². The molecule has 1 atom stereocenters. The van der Waals surface area contributed by atoms with Crippen LogP contribution in [0.25, 0.3) is 0 Å². The van der Waals surface area contributed by atoms with Crippen molar-refractivity contribution in [3.8, 4) is 0 Å². The summed E-state index contributed by atoms with van der Waals surface area (Å²) in [4.78, 5) is 2.39. The lowest BCUT2D eigenvalue weighted by molar-refractivity contribution is 0.107. The van der Waals surface area contributed by atoms with E-state index >= 15 is 0 Å². The molecule has 0 aliphatic carbocycles. The molecular weight excluding hydrogens is 212 g/mol. The number of hydrogen-bond donors (Lipinski definition) is 1. The Hall–Kier alpha value is -0.870. The van der Waals surface area contributed by atoms with E-state index < -0.39 is 0 Å². The van der Waals surface area contributed by atoms with Crippen molar-refractivity contribution in [1.82, 2.24) is 14.7 Å². The summed E-state index contributed by atoms with van der Waals surface area (Å²) in [5.41, 5.74) is 7.46. The van der Waals surface area contributed by atoms with Gasteiger partial charge in [-0.2, -0.15) is 5.10 Å². The Kier molecular flexibility index (Phi) is 4.71. The van der Waals surface area contributed by atoms with Crippen LogP contribution in [0.5, 0.6) is 0 Å². The normalized spacial score (nSPS) is 14.3. The molecule has 0 spiro atoms. The molecule has 0 radical (unpaired) electrons. The minimum Gasteiger partial charge on any atom is -0.322 e. The number of nitrogens with two attached hydrogens (primary N) is 1. The Morgan fingerprint density at radius 1 is 1.35 bits per heavy atom. The fourth-order valence-corrected chi connectivity index (χ4v) is 2.36. The number of hydrogen-bond acceptors (Lipinski definition) is 3. The standard InChI is InChI=1S/C13H26N4/c1-6-16(7-2)13(4,5)12(14)11-9-15-17(8-3)10-11/h9-10,12H,6-8,14H2,1-5H3. The third-order valence-electron chi connectivity index (χ3n) is 3.68. The smallest absolute Gasteiger partial charge is 0.0538 e. The Balaban J connectivity index is 2.90. The topological polar surface area (TPSA) is 47.1 Å². The van der Waals surface area contributed by atoms with Gasteiger partial charge in [0.05, 0.1) is 12.2 Å². The predicted octanol–water partition coefficient (Wildman–Crippen LogP) is 2.02. The van der Waals surface area contributed by atoms with Gasteiger partial charge in [0.1, 0.15) is 0 Å². The lowest BCUT2D eigenvalue weighted by atomic mass is 9.89. The van der Waals surface area contributed by atoms with Crippen molar-refractivity contribution in [3.63, 3.8) is 0 Å². The molecule has 0 aliphatic heterocycles. The Bertz CT molecular complexity index is 339. The van der Waals surface area contributed by atoms with Gasteiger partial charge in [0, 0.05) is 23.8 Å². The third kappa shape index (κ3) is 2.87. The molecular formula is C13H26N4. The molecule has 0 bridgehead atoms. The molecule has 0 fully saturated rings. The van der Waals surface area contributed by atoms with Gasteiger partial charge in [0.2, 0.25) is 0 Å². The maximum Gasteiger partial charge on any atom is 0.0538 e. The van der Waals surface area contributed by atoms with Gasteiger partial charge >= 0.3 is 0 Å². The first-order valence-corrected chi connectivity index (χ1v) is 6.50. The molecule has 17 heavy (non-hydrogen) atoms. The average Bonchev–Trinajstić information content (AvgIpc) is 2.77. The zero-order valence-electron chi connectivity index (χ0n) is 11.8. The fraction of sp³-hybridized carbons (Fsp3) is 0.769. The molecule has 1 heterocycles. The Morgan fingerprint density at radius 2 is 1.94 bits per heavy atom. The van der Waals surface area contributed by atoms with Gasteiger partial charge in [-0.15, -0.1) is 0 Å². The second kappa shape index (κ2) is 5.65. The molecule has 1 rings (SSSR count). The summed E-state index contributed by atoms with van der Waals surface area (Å²) < 4.78 is 1.92. The van der Waals surface area contributed by atoms with Crippen LogP contribution in [0.2, 0.25) is 0 Å². The molecule has 0 amide bonds. The van der Waals surface area contributed by atoms with E-state index in [-0.39, 0.29) is 11.6 Å². The highest BCUT2D eigenvalue weighted by molar-refractivity contribution is 5.15. The Labute approximate surface area is 105 Å². The first kappa shape index (κ1) is 14.2. The summed E-state index contributed by atoms with van der Waals surface area (Å²) in [5, 5.41) is 4.30. The monoisotopic (exact) mass is 238 g/mol. The maximum atomic E-state index is 6.40. The zero-order valence-corrected chi connectivity index (χ0v) is 11.8. The average molecular weight is 238 g/mol. The van der Waals surface area contributed by atoms with E-state index in [4.69, 9.17) is 5.73 Å². The number of aromatic nitrogens is 2. The van der Waals surface area contributed by atoms with Gasteiger partial charge in [0.25, 0.3) is 0 Å². The largest absolute Gasteiger partial charge is 0.322 e. The van der Waals surface area contributed by atoms with Crippen LogP contribution in [0.3, 0.4) is 0 Å². The highest BCUT2D eigenvalue weighted by Crippen LogP contribution is 2.28. The van der Waals surface area contributed by atoms with Crippen molar-refractivity contribution < 1.29 is 0 Å². The number of likely N-dealkylation sites (N-methyl/N-ethyl adjacent to an activating group) is 1. The summed E-state index contributed by atoms with van der Waals surface area (Å²) >= 11 is 0. The van der Waals surface area contributed by atoms with E-state index in [1.54, 1.807) is 0 Å². The van der Waals surface area contributed by atoms with Crippen molar-refractivity contribution in [2.75, 3.05) is 13.1 Å². The molecule has 0 saturated carbocycles. The van der Waals surface area contributed by atoms with Crippen LogP contribution in [-0.4, -0.2) is 33.3 Å². The van der Waals surface area contributed by atoms with E-state index in [9.17, 15) is 0 Å². The third-order valence-corrected chi connectivity index (χ3v) is 3.68. The van der Waals surface area contributed by atoms with Crippen LogP contribution in [0, 0.1) is 0 Å². The van der Waals surface area contributed by atoms with Crippen molar-refractivity contribution in [2.24, 2.45) is 5.73 Å². The van der Waals surface area contributed by atoms with Crippen LogP contribution < -0.4 is 5.73 Å². The van der Waals surface area contributed by atoms with Crippen molar-refractivity contribution >= 4 is 0 Å². The van der Waals surface area contributed by atoms with E-state index in [2.05, 4.69) is 50.8 Å². The lowest BCUT2D eigenvalue weighted by Crippen LogP contribution is -2.51. The molecule has 0 aromatic carbocycles. The van der Waals surface area contributed by atoms with Crippen molar-refractivity contribution in [2.45, 2.75) is 52.7 Å². The van der Waals surface area contributed by atoms with E-state index in [1.807, 2.05) is 10.9 Å². The number of rotatable bonds is 6. The molecule has 0 aliphatic rings. The molecule has 4 heteroatoms. The Morgan fingerprint density at radius 3 is 2.35 bits per heavy atom. The lowest BCUT2D eigenvalue weighted by Gasteiger charge is -2.41. The minimum atomic E-state index is -0.0505. The molecule has 0 saturated heterocycles. The quantitative estimate of drug-likeness (QED) is 0.825. The summed E-state index contributed by atoms with van der Waals surface area (Å²) in [6.45, 7) is 13.7. The van der Waals surface area contributed by atoms with Crippen molar-refractivity contribution in [1.29, 1.82) is 0 Å². The minimum absolute atomic E-state index is 0.0114. The highest BCUT2D eigenvalue weighted by atomic mass is 15.3. The number of nitrogens with zero attached hydrogens (tertiary/aromatic N) is 3. The molecule has 1 aromatic heterocycles. The van der Waals surface area contributed by atoms with Crippen LogP contribution in [-0.2, 0) is 6.54 Å². The summed E-state index contributed by atoms with van der Waals surface area (Å²) in [5.74, 6) is 0. The maximum absolute atomic E-state index is 6.40. The van der Waals surface area contributed by atoms with Gasteiger partial charge in [-0.25, -0.2) is 0 Å². The van der Waals surface area contributed by atoms with Gasteiger partial charge in [-0.3, -0.25) is 9.58 Å². The molecule has 1 aromatic rings. The van der Waals surface area contributed by atoms with Crippen LogP contribution >= 0.6 is 0 Å². The second-order valence-electron chi connectivity index (χ2n) is 4.93. The first-order chi connectivity index (χ1) is 7.97. The summed E-state index contributed by atoms with van der Waals surface area (Å²) in [6.07, 6.45) is 3.94. The first-order valence-electron chi connectivity index (χ1n) is 6.50. The molecule has 98 valence electrons. The summed E-state index contributed by atoms with van der Waals surface area (Å²) in [7, 11) is 0. The zero-order chi connectivity index (χ0) is 13.1. The van der Waals surface area contributed by atoms with E-state index in [0.717, 1.165) is 25.2 Å². The van der Waals surface area contributed by atoms with Gasteiger partial charge in [-0.05, 0) is 33.9 Å². The summed E-state index contributed by atoms with van der Waals surface area (Å²) in [6, 6.07) is -0.0114. The number of aryl methyl sites for hydroxylation is 1. The van der Waals surface area contributed by atoms with Crippen LogP contribution in [0.4, 0.5) is 0 Å². The highest BCUT2D eigenvalue weighted by Gasteiger charge is 2.33. The van der Waals surface area contributed by atoms with Gasteiger partial charge in [0.15, 0.2) is 0 Å².